The third-order valence-electron chi connectivity index (χ3n) is 3.59. The summed E-state index contributed by atoms with van der Waals surface area (Å²) >= 11 is 1.26. The Morgan fingerprint density at radius 3 is 2.56 bits per heavy atom. The van der Waals surface area contributed by atoms with E-state index in [0.29, 0.717) is 17.2 Å². The Morgan fingerprint density at radius 2 is 1.85 bits per heavy atom. The normalized spacial score (nSPS) is 10.5. The van der Waals surface area contributed by atoms with Crippen molar-refractivity contribution in [1.82, 2.24) is 0 Å². The van der Waals surface area contributed by atoms with Gasteiger partial charge in [-0.25, -0.2) is 8.78 Å². The van der Waals surface area contributed by atoms with Gasteiger partial charge in [0.05, 0.1) is 11.5 Å². The molecule has 0 aliphatic rings. The first-order valence-corrected chi connectivity index (χ1v) is 9.12. The van der Waals surface area contributed by atoms with Crippen LogP contribution in [-0.2, 0) is 6.61 Å². The van der Waals surface area contributed by atoms with Gasteiger partial charge in [-0.15, -0.1) is 11.3 Å². The SMILES string of the molecule is CCOc1ccc(NC(=O)c2cc(COc3ccc(F)cc3F)cs2)cc1. The molecule has 0 aliphatic carbocycles. The summed E-state index contributed by atoms with van der Waals surface area (Å²) in [5.74, 6) is -0.979. The molecule has 0 aliphatic heterocycles. The number of amides is 1. The molecule has 0 spiro atoms. The number of carbonyl (C=O) groups is 1. The maximum atomic E-state index is 13.6. The zero-order valence-electron chi connectivity index (χ0n) is 14.5. The lowest BCUT2D eigenvalue weighted by Crippen LogP contribution is -2.10. The van der Waals surface area contributed by atoms with Gasteiger partial charge < -0.3 is 14.8 Å². The van der Waals surface area contributed by atoms with Crippen LogP contribution in [-0.4, -0.2) is 12.5 Å². The Labute approximate surface area is 159 Å². The molecule has 27 heavy (non-hydrogen) atoms. The number of hydrogen-bond donors (Lipinski definition) is 1. The lowest BCUT2D eigenvalue weighted by atomic mass is 10.2. The second kappa shape index (κ2) is 8.64. The lowest BCUT2D eigenvalue weighted by Gasteiger charge is -2.06. The molecule has 3 rings (SSSR count). The summed E-state index contributed by atoms with van der Waals surface area (Å²) in [7, 11) is 0. The predicted molar refractivity (Wildman–Crippen MR) is 101 cm³/mol. The largest absolute Gasteiger partial charge is 0.494 e. The van der Waals surface area contributed by atoms with Gasteiger partial charge in [-0.05, 0) is 54.8 Å². The van der Waals surface area contributed by atoms with Crippen LogP contribution in [0.5, 0.6) is 11.5 Å². The third kappa shape index (κ3) is 5.04. The van der Waals surface area contributed by atoms with Gasteiger partial charge in [0.15, 0.2) is 11.6 Å². The lowest BCUT2D eigenvalue weighted by molar-refractivity contribution is 0.103. The van der Waals surface area contributed by atoms with Gasteiger partial charge in [0.2, 0.25) is 0 Å². The summed E-state index contributed by atoms with van der Waals surface area (Å²) in [4.78, 5) is 12.8. The molecule has 0 unspecified atom stereocenters. The molecule has 0 atom stereocenters. The standard InChI is InChI=1S/C20H17F2NO3S/c1-2-25-16-6-4-15(5-7-16)23-20(24)19-9-13(12-27-19)11-26-18-8-3-14(21)10-17(18)22/h3-10,12H,2,11H2,1H3,(H,23,24). The number of benzene rings is 2. The number of rotatable bonds is 7. The first-order chi connectivity index (χ1) is 13.0. The molecule has 1 aromatic heterocycles. The molecule has 0 saturated heterocycles. The minimum atomic E-state index is -0.765. The van der Waals surface area contributed by atoms with Crippen LogP contribution in [0.3, 0.4) is 0 Å². The quantitative estimate of drug-likeness (QED) is 0.600. The third-order valence-corrected chi connectivity index (χ3v) is 4.57. The molecule has 0 saturated carbocycles. The highest BCUT2D eigenvalue weighted by Gasteiger charge is 2.11. The van der Waals surface area contributed by atoms with Gasteiger partial charge in [-0.1, -0.05) is 0 Å². The summed E-state index contributed by atoms with van der Waals surface area (Å²) in [6, 6.07) is 11.9. The van der Waals surface area contributed by atoms with Crippen molar-refractivity contribution in [3.05, 3.63) is 76.0 Å². The Kier molecular flexibility index (Phi) is 6.03. The average molecular weight is 389 g/mol. The van der Waals surface area contributed by atoms with E-state index in [4.69, 9.17) is 9.47 Å². The zero-order chi connectivity index (χ0) is 19.2. The molecule has 0 radical (unpaired) electrons. The van der Waals surface area contributed by atoms with Crippen LogP contribution in [0.4, 0.5) is 14.5 Å². The number of carbonyl (C=O) groups excluding carboxylic acids is 1. The maximum Gasteiger partial charge on any atom is 0.265 e. The molecule has 4 nitrogen and oxygen atoms in total. The van der Waals surface area contributed by atoms with E-state index < -0.39 is 11.6 Å². The first kappa shape index (κ1) is 18.8. The number of ether oxygens (including phenoxy) is 2. The first-order valence-electron chi connectivity index (χ1n) is 8.24. The second-order valence-corrected chi connectivity index (χ2v) is 6.51. The van der Waals surface area contributed by atoms with Crippen molar-refractivity contribution in [2.45, 2.75) is 13.5 Å². The number of nitrogens with one attached hydrogen (secondary N) is 1. The highest BCUT2D eigenvalue weighted by atomic mass is 32.1. The molecular weight excluding hydrogens is 372 g/mol. The van der Waals surface area contributed by atoms with Crippen molar-refractivity contribution in [2.24, 2.45) is 0 Å². The number of anilines is 1. The Morgan fingerprint density at radius 1 is 1.07 bits per heavy atom. The maximum absolute atomic E-state index is 13.6. The Hall–Kier alpha value is -2.93. The van der Waals surface area contributed by atoms with Crippen LogP contribution < -0.4 is 14.8 Å². The smallest absolute Gasteiger partial charge is 0.265 e. The highest BCUT2D eigenvalue weighted by Crippen LogP contribution is 2.22. The molecule has 7 heteroatoms. The fourth-order valence-corrected chi connectivity index (χ4v) is 3.11. The molecule has 3 aromatic rings. The van der Waals surface area contributed by atoms with E-state index in [1.807, 2.05) is 6.92 Å². The van der Waals surface area contributed by atoms with E-state index in [9.17, 15) is 13.6 Å². The number of thiophene rings is 1. The van der Waals surface area contributed by atoms with Crippen molar-refractivity contribution < 1.29 is 23.0 Å². The van der Waals surface area contributed by atoms with Gasteiger partial charge in [0.25, 0.3) is 5.91 Å². The van der Waals surface area contributed by atoms with Crippen LogP contribution in [0.1, 0.15) is 22.2 Å². The molecular formula is C20H17F2NO3S. The number of hydrogen-bond acceptors (Lipinski definition) is 4. The van der Waals surface area contributed by atoms with Crippen molar-refractivity contribution in [2.75, 3.05) is 11.9 Å². The van der Waals surface area contributed by atoms with Crippen LogP contribution >= 0.6 is 11.3 Å². The summed E-state index contributed by atoms with van der Waals surface area (Å²) in [5.41, 5.74) is 1.38. The molecule has 2 aromatic carbocycles. The van der Waals surface area contributed by atoms with E-state index in [-0.39, 0.29) is 18.3 Å². The van der Waals surface area contributed by atoms with Crippen LogP contribution in [0.15, 0.2) is 53.9 Å². The summed E-state index contributed by atoms with van der Waals surface area (Å²) in [5, 5.41) is 4.56. The van der Waals surface area contributed by atoms with E-state index in [1.54, 1.807) is 35.7 Å². The summed E-state index contributed by atoms with van der Waals surface area (Å²) < 4.78 is 37.2. The Bertz CT molecular complexity index is 925. The van der Waals surface area contributed by atoms with Gasteiger partial charge >= 0.3 is 0 Å². The topological polar surface area (TPSA) is 47.6 Å². The van der Waals surface area contributed by atoms with E-state index >= 15 is 0 Å². The monoisotopic (exact) mass is 389 g/mol. The van der Waals surface area contributed by atoms with Crippen molar-refractivity contribution >= 4 is 22.9 Å². The highest BCUT2D eigenvalue weighted by molar-refractivity contribution is 7.12. The van der Waals surface area contributed by atoms with Gasteiger partial charge in [0.1, 0.15) is 18.2 Å². The van der Waals surface area contributed by atoms with Gasteiger partial charge in [0, 0.05) is 17.3 Å². The summed E-state index contributed by atoms with van der Waals surface area (Å²) in [6.45, 7) is 2.56. The molecule has 0 fully saturated rings. The second-order valence-electron chi connectivity index (χ2n) is 5.59. The molecule has 1 heterocycles. The fraction of sp³-hybridized carbons (Fsp3) is 0.150. The van der Waals surface area contributed by atoms with E-state index in [2.05, 4.69) is 5.32 Å². The Balaban J connectivity index is 1.58. The van der Waals surface area contributed by atoms with Crippen molar-refractivity contribution in [3.63, 3.8) is 0 Å². The average Bonchev–Trinajstić information content (AvgIpc) is 3.12. The number of halogens is 2. The molecule has 1 N–H and O–H groups in total. The van der Waals surface area contributed by atoms with Gasteiger partial charge in [-0.3, -0.25) is 4.79 Å². The molecule has 0 bridgehead atoms. The molecule has 1 amide bonds. The van der Waals surface area contributed by atoms with Crippen LogP contribution in [0.25, 0.3) is 0 Å². The minimum absolute atomic E-state index is 0.0389. The zero-order valence-corrected chi connectivity index (χ0v) is 15.3. The van der Waals surface area contributed by atoms with E-state index in [0.717, 1.165) is 23.4 Å². The van der Waals surface area contributed by atoms with Gasteiger partial charge in [-0.2, -0.15) is 0 Å². The minimum Gasteiger partial charge on any atom is -0.494 e. The van der Waals surface area contributed by atoms with Crippen molar-refractivity contribution in [1.29, 1.82) is 0 Å². The molecule has 140 valence electrons. The van der Waals surface area contributed by atoms with E-state index in [1.165, 1.54) is 17.4 Å². The fourth-order valence-electron chi connectivity index (χ4n) is 2.32. The predicted octanol–water partition coefficient (Wildman–Crippen LogP) is 5.26. The van der Waals surface area contributed by atoms with Crippen LogP contribution in [0, 0.1) is 11.6 Å². The summed E-state index contributed by atoms with van der Waals surface area (Å²) in [6.07, 6.45) is 0. The van der Waals surface area contributed by atoms with Crippen LogP contribution in [0.2, 0.25) is 0 Å². The van der Waals surface area contributed by atoms with Crippen molar-refractivity contribution in [3.8, 4) is 11.5 Å².